The lowest BCUT2D eigenvalue weighted by Crippen LogP contribution is -2.13. The quantitative estimate of drug-likeness (QED) is 0.804. The molecular formula is C14H18N2S. The fourth-order valence-electron chi connectivity index (χ4n) is 1.73. The summed E-state index contributed by atoms with van der Waals surface area (Å²) >= 11 is 1.86. The molecule has 0 aliphatic heterocycles. The van der Waals surface area contributed by atoms with Crippen molar-refractivity contribution in [1.82, 2.24) is 9.88 Å². The molecule has 0 amide bonds. The number of hydrogen-bond acceptors (Lipinski definition) is 3. The first kappa shape index (κ1) is 12.3. The van der Waals surface area contributed by atoms with Gasteiger partial charge in [0, 0.05) is 11.1 Å². The molecule has 0 spiro atoms. The summed E-state index contributed by atoms with van der Waals surface area (Å²) in [4.78, 5) is 9.32. The Labute approximate surface area is 107 Å². The van der Waals surface area contributed by atoms with E-state index in [1.807, 2.05) is 29.7 Å². The molecule has 2 heterocycles. The maximum atomic E-state index is 4.37. The van der Waals surface area contributed by atoms with Crippen LogP contribution in [0, 0.1) is 0 Å². The van der Waals surface area contributed by atoms with Crippen LogP contribution >= 0.6 is 11.3 Å². The fourth-order valence-corrected chi connectivity index (χ4v) is 2.75. The Morgan fingerprint density at radius 1 is 1.18 bits per heavy atom. The number of aromatic nitrogens is 1. The van der Waals surface area contributed by atoms with Gasteiger partial charge in [-0.3, -0.25) is 4.98 Å². The summed E-state index contributed by atoms with van der Waals surface area (Å²) in [5, 5.41) is 0. The number of pyridine rings is 1. The molecule has 2 nitrogen and oxygen atoms in total. The molecule has 2 aromatic rings. The van der Waals surface area contributed by atoms with E-state index in [-0.39, 0.29) is 0 Å². The van der Waals surface area contributed by atoms with Crippen LogP contribution in [0.25, 0.3) is 10.6 Å². The minimum atomic E-state index is 1.08. The van der Waals surface area contributed by atoms with Crippen LogP contribution in [0.15, 0.2) is 36.5 Å². The second kappa shape index (κ2) is 5.94. The van der Waals surface area contributed by atoms with E-state index in [1.54, 1.807) is 0 Å². The third-order valence-electron chi connectivity index (χ3n) is 2.61. The van der Waals surface area contributed by atoms with Crippen molar-refractivity contribution in [3.05, 3.63) is 41.4 Å². The Hall–Kier alpha value is -1.19. The lowest BCUT2D eigenvalue weighted by Gasteiger charge is -2.07. The third kappa shape index (κ3) is 3.65. The normalized spacial score (nSPS) is 11.0. The molecule has 0 atom stereocenters. The van der Waals surface area contributed by atoms with Crippen molar-refractivity contribution in [2.45, 2.75) is 12.8 Å². The second-order valence-corrected chi connectivity index (χ2v) is 5.56. The van der Waals surface area contributed by atoms with Crippen LogP contribution in [-0.4, -0.2) is 30.5 Å². The second-order valence-electron chi connectivity index (χ2n) is 4.39. The average Bonchev–Trinajstić information content (AvgIpc) is 2.78. The summed E-state index contributed by atoms with van der Waals surface area (Å²) in [5.41, 5.74) is 1.08. The highest BCUT2D eigenvalue weighted by Gasteiger charge is 2.03. The maximum Gasteiger partial charge on any atom is 0.0801 e. The minimum absolute atomic E-state index is 1.08. The van der Waals surface area contributed by atoms with Crippen LogP contribution in [0.3, 0.4) is 0 Å². The van der Waals surface area contributed by atoms with Gasteiger partial charge in [-0.05, 0) is 57.7 Å². The van der Waals surface area contributed by atoms with Gasteiger partial charge in [-0.15, -0.1) is 11.3 Å². The summed E-state index contributed by atoms with van der Waals surface area (Å²) in [6.07, 6.45) is 4.23. The van der Waals surface area contributed by atoms with Crippen molar-refractivity contribution in [2.24, 2.45) is 0 Å². The van der Waals surface area contributed by atoms with E-state index < -0.39 is 0 Å². The Balaban J connectivity index is 1.97. The Morgan fingerprint density at radius 3 is 2.76 bits per heavy atom. The summed E-state index contributed by atoms with van der Waals surface area (Å²) in [7, 11) is 4.24. The van der Waals surface area contributed by atoms with Gasteiger partial charge in [-0.2, -0.15) is 0 Å². The van der Waals surface area contributed by atoms with Crippen molar-refractivity contribution in [2.75, 3.05) is 20.6 Å². The number of hydrogen-bond donors (Lipinski definition) is 0. The lowest BCUT2D eigenvalue weighted by atomic mass is 10.2. The van der Waals surface area contributed by atoms with Crippen LogP contribution in [0.4, 0.5) is 0 Å². The summed E-state index contributed by atoms with van der Waals surface area (Å²) in [6.45, 7) is 1.15. The third-order valence-corrected chi connectivity index (χ3v) is 3.78. The molecule has 90 valence electrons. The molecule has 0 N–H and O–H groups in total. The predicted octanol–water partition coefficient (Wildman–Crippen LogP) is 3.30. The number of aryl methyl sites for hydroxylation is 1. The first-order chi connectivity index (χ1) is 8.25. The molecule has 2 rings (SSSR count). The molecule has 0 aliphatic carbocycles. The largest absolute Gasteiger partial charge is 0.309 e. The van der Waals surface area contributed by atoms with Crippen molar-refractivity contribution >= 4 is 11.3 Å². The molecule has 0 saturated carbocycles. The van der Waals surface area contributed by atoms with E-state index in [0.29, 0.717) is 0 Å². The van der Waals surface area contributed by atoms with Crippen molar-refractivity contribution < 1.29 is 0 Å². The molecule has 2 aromatic heterocycles. The summed E-state index contributed by atoms with van der Waals surface area (Å²) in [6, 6.07) is 10.5. The van der Waals surface area contributed by atoms with Crippen LogP contribution in [-0.2, 0) is 6.42 Å². The Kier molecular flexibility index (Phi) is 4.29. The fraction of sp³-hybridized carbons (Fsp3) is 0.357. The predicted molar refractivity (Wildman–Crippen MR) is 74.4 cm³/mol. The van der Waals surface area contributed by atoms with Crippen molar-refractivity contribution in [3.8, 4) is 10.6 Å². The zero-order valence-electron chi connectivity index (χ0n) is 10.4. The molecule has 0 fully saturated rings. The van der Waals surface area contributed by atoms with Crippen LogP contribution < -0.4 is 0 Å². The molecule has 17 heavy (non-hydrogen) atoms. The summed E-state index contributed by atoms with van der Waals surface area (Å²) in [5.74, 6) is 0. The highest BCUT2D eigenvalue weighted by Crippen LogP contribution is 2.26. The average molecular weight is 246 g/mol. The molecule has 0 radical (unpaired) electrons. The highest BCUT2D eigenvalue weighted by molar-refractivity contribution is 7.15. The number of nitrogens with zero attached hydrogens (tertiary/aromatic N) is 2. The Morgan fingerprint density at radius 2 is 2.06 bits per heavy atom. The monoisotopic (exact) mass is 246 g/mol. The SMILES string of the molecule is CN(C)CCCc1ccc(-c2ccccn2)s1. The van der Waals surface area contributed by atoms with E-state index in [0.717, 1.165) is 18.7 Å². The van der Waals surface area contributed by atoms with E-state index in [2.05, 4.69) is 42.2 Å². The van der Waals surface area contributed by atoms with Gasteiger partial charge >= 0.3 is 0 Å². The first-order valence-electron chi connectivity index (χ1n) is 5.90. The summed E-state index contributed by atoms with van der Waals surface area (Å²) < 4.78 is 0. The van der Waals surface area contributed by atoms with Gasteiger partial charge in [0.15, 0.2) is 0 Å². The van der Waals surface area contributed by atoms with E-state index >= 15 is 0 Å². The minimum Gasteiger partial charge on any atom is -0.309 e. The Bertz CT molecular complexity index is 448. The molecule has 0 aromatic carbocycles. The van der Waals surface area contributed by atoms with E-state index in [1.165, 1.54) is 16.2 Å². The number of rotatable bonds is 5. The maximum absolute atomic E-state index is 4.37. The van der Waals surface area contributed by atoms with Gasteiger partial charge in [-0.25, -0.2) is 0 Å². The standard InChI is InChI=1S/C14H18N2S/c1-16(2)11-5-6-12-8-9-14(17-12)13-7-3-4-10-15-13/h3-4,7-10H,5-6,11H2,1-2H3. The molecule has 0 aliphatic rings. The van der Waals surface area contributed by atoms with E-state index in [4.69, 9.17) is 0 Å². The first-order valence-corrected chi connectivity index (χ1v) is 6.72. The highest BCUT2D eigenvalue weighted by atomic mass is 32.1. The zero-order valence-corrected chi connectivity index (χ0v) is 11.2. The van der Waals surface area contributed by atoms with Crippen LogP contribution in [0.2, 0.25) is 0 Å². The topological polar surface area (TPSA) is 16.1 Å². The molecule has 3 heteroatoms. The van der Waals surface area contributed by atoms with Gasteiger partial charge in [0.25, 0.3) is 0 Å². The van der Waals surface area contributed by atoms with Gasteiger partial charge in [0.05, 0.1) is 10.6 Å². The zero-order chi connectivity index (χ0) is 12.1. The molecular weight excluding hydrogens is 228 g/mol. The van der Waals surface area contributed by atoms with Crippen LogP contribution in [0.1, 0.15) is 11.3 Å². The van der Waals surface area contributed by atoms with Gasteiger partial charge in [0.1, 0.15) is 0 Å². The van der Waals surface area contributed by atoms with E-state index in [9.17, 15) is 0 Å². The molecule has 0 bridgehead atoms. The van der Waals surface area contributed by atoms with Gasteiger partial charge < -0.3 is 4.90 Å². The van der Waals surface area contributed by atoms with Crippen molar-refractivity contribution in [1.29, 1.82) is 0 Å². The van der Waals surface area contributed by atoms with Gasteiger partial charge in [0.2, 0.25) is 0 Å². The van der Waals surface area contributed by atoms with Crippen molar-refractivity contribution in [3.63, 3.8) is 0 Å². The molecule has 0 saturated heterocycles. The lowest BCUT2D eigenvalue weighted by molar-refractivity contribution is 0.401. The van der Waals surface area contributed by atoms with Crippen LogP contribution in [0.5, 0.6) is 0 Å². The number of thiophene rings is 1. The smallest absolute Gasteiger partial charge is 0.0801 e. The molecule has 0 unspecified atom stereocenters. The van der Waals surface area contributed by atoms with Gasteiger partial charge in [-0.1, -0.05) is 6.07 Å².